The molecule has 0 aliphatic rings. The standard InChI is InChI=1S/C15H36N4.2C2H6/c1-16-10-4-7-13-19(14-8-5-11-17-2)15-9-6-12-18-3;2*1-2/h16-18H,4-15H2,1-3H3;2*1-2H3. The van der Waals surface area contributed by atoms with Gasteiger partial charge in [-0.25, -0.2) is 0 Å². The maximum atomic E-state index is 3.23. The molecule has 0 unspecified atom stereocenters. The smallest absolute Gasteiger partial charge is 0.00183 e. The van der Waals surface area contributed by atoms with E-state index in [4.69, 9.17) is 0 Å². The van der Waals surface area contributed by atoms with Crippen LogP contribution in [0.15, 0.2) is 0 Å². The summed E-state index contributed by atoms with van der Waals surface area (Å²) in [6.45, 7) is 15.2. The molecule has 144 valence electrons. The molecule has 0 rings (SSSR count). The van der Waals surface area contributed by atoms with Gasteiger partial charge in [-0.1, -0.05) is 27.7 Å². The fraction of sp³-hybridized carbons (Fsp3) is 1.00. The Morgan fingerprint density at radius 3 is 0.957 bits per heavy atom. The van der Waals surface area contributed by atoms with Crippen molar-refractivity contribution < 1.29 is 0 Å². The quantitative estimate of drug-likeness (QED) is 0.402. The molecule has 0 aromatic heterocycles. The Kier molecular flexibility index (Phi) is 35.9. The summed E-state index contributed by atoms with van der Waals surface area (Å²) in [6, 6.07) is 0. The lowest BCUT2D eigenvalue weighted by Gasteiger charge is -2.22. The Morgan fingerprint density at radius 1 is 0.478 bits per heavy atom. The van der Waals surface area contributed by atoms with Gasteiger partial charge in [-0.2, -0.15) is 0 Å². The molecule has 0 heterocycles. The average Bonchev–Trinajstić information content (AvgIpc) is 2.62. The van der Waals surface area contributed by atoms with Gasteiger partial charge in [0.1, 0.15) is 0 Å². The number of hydrogen-bond acceptors (Lipinski definition) is 4. The molecule has 0 radical (unpaired) electrons. The average molecular weight is 333 g/mol. The second-order valence-corrected chi connectivity index (χ2v) is 5.27. The van der Waals surface area contributed by atoms with Crippen LogP contribution in [0, 0.1) is 0 Å². The van der Waals surface area contributed by atoms with E-state index in [1.165, 1.54) is 58.2 Å². The zero-order valence-corrected chi connectivity index (χ0v) is 17.4. The minimum absolute atomic E-state index is 1.15. The van der Waals surface area contributed by atoms with Crippen LogP contribution < -0.4 is 16.0 Å². The molecule has 0 atom stereocenters. The predicted octanol–water partition coefficient (Wildman–Crippen LogP) is 3.34. The molecule has 4 nitrogen and oxygen atoms in total. The Morgan fingerprint density at radius 2 is 0.739 bits per heavy atom. The van der Waals surface area contributed by atoms with E-state index >= 15 is 0 Å². The topological polar surface area (TPSA) is 39.3 Å². The first kappa shape index (κ1) is 27.7. The molecule has 0 spiro atoms. The number of rotatable bonds is 15. The van der Waals surface area contributed by atoms with Crippen LogP contribution in [-0.4, -0.2) is 65.3 Å². The normalized spacial score (nSPS) is 9.91. The van der Waals surface area contributed by atoms with Gasteiger partial charge in [0.05, 0.1) is 0 Å². The van der Waals surface area contributed by atoms with Gasteiger partial charge in [-0.15, -0.1) is 0 Å². The summed E-state index contributed by atoms with van der Waals surface area (Å²) in [7, 11) is 6.10. The maximum Gasteiger partial charge on any atom is -0.00183 e. The second-order valence-electron chi connectivity index (χ2n) is 5.27. The Hall–Kier alpha value is -0.160. The van der Waals surface area contributed by atoms with Crippen molar-refractivity contribution in [3.8, 4) is 0 Å². The summed E-state index contributed by atoms with van der Waals surface area (Å²) in [5, 5.41) is 9.68. The van der Waals surface area contributed by atoms with Crippen molar-refractivity contribution >= 4 is 0 Å². The van der Waals surface area contributed by atoms with E-state index in [0.717, 1.165) is 19.6 Å². The van der Waals surface area contributed by atoms with E-state index in [2.05, 4.69) is 20.9 Å². The summed E-state index contributed by atoms with van der Waals surface area (Å²) < 4.78 is 0. The summed E-state index contributed by atoms with van der Waals surface area (Å²) in [6.07, 6.45) is 7.83. The monoisotopic (exact) mass is 332 g/mol. The van der Waals surface area contributed by atoms with Crippen molar-refractivity contribution in [3.05, 3.63) is 0 Å². The molecule has 0 bridgehead atoms. The van der Waals surface area contributed by atoms with Gasteiger partial charge >= 0.3 is 0 Å². The van der Waals surface area contributed by atoms with E-state index in [0.29, 0.717) is 0 Å². The van der Waals surface area contributed by atoms with E-state index < -0.39 is 0 Å². The van der Waals surface area contributed by atoms with Crippen LogP contribution in [0.3, 0.4) is 0 Å². The highest BCUT2D eigenvalue weighted by Gasteiger charge is 2.04. The number of nitrogens with one attached hydrogen (secondary N) is 3. The lowest BCUT2D eigenvalue weighted by atomic mass is 10.2. The molecule has 4 heteroatoms. The van der Waals surface area contributed by atoms with Crippen molar-refractivity contribution in [3.63, 3.8) is 0 Å². The highest BCUT2D eigenvalue weighted by Crippen LogP contribution is 2.02. The third-order valence-electron chi connectivity index (χ3n) is 3.45. The van der Waals surface area contributed by atoms with E-state index in [9.17, 15) is 0 Å². The molecule has 0 saturated carbocycles. The van der Waals surface area contributed by atoms with E-state index in [-0.39, 0.29) is 0 Å². The lowest BCUT2D eigenvalue weighted by Crippen LogP contribution is -2.28. The van der Waals surface area contributed by atoms with Gasteiger partial charge in [0.15, 0.2) is 0 Å². The van der Waals surface area contributed by atoms with Crippen LogP contribution in [0.25, 0.3) is 0 Å². The summed E-state index contributed by atoms with van der Waals surface area (Å²) in [5.41, 5.74) is 0. The lowest BCUT2D eigenvalue weighted by molar-refractivity contribution is 0.257. The minimum atomic E-state index is 1.15. The van der Waals surface area contributed by atoms with Crippen molar-refractivity contribution in [1.82, 2.24) is 20.9 Å². The molecular weight excluding hydrogens is 284 g/mol. The summed E-state index contributed by atoms with van der Waals surface area (Å²) in [5.74, 6) is 0. The highest BCUT2D eigenvalue weighted by atomic mass is 15.1. The first-order valence-electron chi connectivity index (χ1n) is 10.0. The SMILES string of the molecule is CC.CC.CNCCCCN(CCCCNC)CCCCNC. The third kappa shape index (κ3) is 27.0. The third-order valence-corrected chi connectivity index (χ3v) is 3.45. The highest BCUT2D eigenvalue weighted by molar-refractivity contribution is 4.60. The van der Waals surface area contributed by atoms with Crippen molar-refractivity contribution in [2.45, 2.75) is 66.2 Å². The fourth-order valence-corrected chi connectivity index (χ4v) is 2.25. The number of hydrogen-bond donors (Lipinski definition) is 3. The molecule has 0 aliphatic heterocycles. The van der Waals surface area contributed by atoms with Crippen molar-refractivity contribution in [1.29, 1.82) is 0 Å². The molecule has 0 fully saturated rings. The van der Waals surface area contributed by atoms with Crippen LogP contribution in [0.5, 0.6) is 0 Å². The van der Waals surface area contributed by atoms with E-state index in [1.807, 2.05) is 48.8 Å². The second kappa shape index (κ2) is 29.8. The van der Waals surface area contributed by atoms with Crippen LogP contribution in [0.1, 0.15) is 66.2 Å². The molecule has 3 N–H and O–H groups in total. The summed E-state index contributed by atoms with van der Waals surface area (Å²) in [4.78, 5) is 2.65. The predicted molar refractivity (Wildman–Crippen MR) is 109 cm³/mol. The van der Waals surface area contributed by atoms with Gasteiger partial charge in [0, 0.05) is 0 Å². The minimum Gasteiger partial charge on any atom is -0.320 e. The maximum absolute atomic E-state index is 3.23. The Labute approximate surface area is 148 Å². The van der Waals surface area contributed by atoms with Gasteiger partial charge in [0.2, 0.25) is 0 Å². The largest absolute Gasteiger partial charge is 0.320 e. The number of unbranched alkanes of at least 4 members (excludes halogenated alkanes) is 3. The zero-order chi connectivity index (χ0) is 18.2. The van der Waals surface area contributed by atoms with Gasteiger partial charge in [0.25, 0.3) is 0 Å². The Balaban J connectivity index is -0.000000919. The first-order chi connectivity index (χ1) is 11.3. The van der Waals surface area contributed by atoms with E-state index in [1.54, 1.807) is 0 Å². The molecule has 0 aromatic carbocycles. The molecule has 0 amide bonds. The van der Waals surface area contributed by atoms with Crippen LogP contribution >= 0.6 is 0 Å². The van der Waals surface area contributed by atoms with Crippen molar-refractivity contribution in [2.75, 3.05) is 60.4 Å². The van der Waals surface area contributed by atoms with Crippen LogP contribution in [0.4, 0.5) is 0 Å². The first-order valence-corrected chi connectivity index (χ1v) is 10.0. The number of nitrogens with zero attached hydrogens (tertiary/aromatic N) is 1. The fourth-order valence-electron chi connectivity index (χ4n) is 2.25. The van der Waals surface area contributed by atoms with Crippen LogP contribution in [-0.2, 0) is 0 Å². The zero-order valence-electron chi connectivity index (χ0n) is 17.4. The molecule has 0 saturated heterocycles. The Bertz CT molecular complexity index is 137. The van der Waals surface area contributed by atoms with Crippen molar-refractivity contribution in [2.24, 2.45) is 0 Å². The van der Waals surface area contributed by atoms with Gasteiger partial charge in [-0.05, 0) is 98.9 Å². The van der Waals surface area contributed by atoms with Gasteiger partial charge in [-0.3, -0.25) is 0 Å². The van der Waals surface area contributed by atoms with Crippen LogP contribution in [0.2, 0.25) is 0 Å². The molecule has 0 aromatic rings. The molecule has 0 aliphatic carbocycles. The van der Waals surface area contributed by atoms with Gasteiger partial charge < -0.3 is 20.9 Å². The molecule has 23 heavy (non-hydrogen) atoms. The summed E-state index contributed by atoms with van der Waals surface area (Å²) >= 11 is 0. The molecular formula is C19H48N4.